The second kappa shape index (κ2) is 5.89. The molecule has 2 atom stereocenters. The summed E-state index contributed by atoms with van der Waals surface area (Å²) in [5, 5.41) is 13.1. The highest BCUT2D eigenvalue weighted by Gasteiger charge is 2.32. The number of ether oxygens (including phenoxy) is 1. The van der Waals surface area contributed by atoms with Gasteiger partial charge in [0.05, 0.1) is 28.7 Å². The van der Waals surface area contributed by atoms with E-state index in [0.29, 0.717) is 29.7 Å². The molecule has 2 rings (SSSR count). The molecule has 1 aromatic rings. The summed E-state index contributed by atoms with van der Waals surface area (Å²) in [6.45, 7) is 1.48. The van der Waals surface area contributed by atoms with Gasteiger partial charge in [-0.1, -0.05) is 29.3 Å². The van der Waals surface area contributed by atoms with E-state index in [0.717, 1.165) is 5.56 Å². The zero-order chi connectivity index (χ0) is 13.1. The molecule has 18 heavy (non-hydrogen) atoms. The monoisotopic (exact) mass is 289 g/mol. The Morgan fingerprint density at radius 3 is 2.83 bits per heavy atom. The van der Waals surface area contributed by atoms with E-state index < -0.39 is 18.0 Å². The van der Waals surface area contributed by atoms with Crippen LogP contribution in [0.4, 0.5) is 0 Å². The summed E-state index contributed by atoms with van der Waals surface area (Å²) in [6.07, 6.45) is -0.507. The maximum Gasteiger partial charge on any atom is 0.310 e. The van der Waals surface area contributed by atoms with Crippen LogP contribution in [0.15, 0.2) is 18.2 Å². The summed E-state index contributed by atoms with van der Waals surface area (Å²) >= 11 is 11.8. The molecule has 1 aliphatic rings. The van der Waals surface area contributed by atoms with Gasteiger partial charge < -0.3 is 15.2 Å². The third-order valence-corrected chi connectivity index (χ3v) is 3.63. The first-order valence-electron chi connectivity index (χ1n) is 5.59. The highest BCUT2D eigenvalue weighted by Crippen LogP contribution is 2.32. The molecule has 1 aromatic carbocycles. The van der Waals surface area contributed by atoms with Crippen LogP contribution in [0.5, 0.6) is 0 Å². The molecule has 0 amide bonds. The molecule has 0 unspecified atom stereocenters. The van der Waals surface area contributed by atoms with Crippen LogP contribution in [0.25, 0.3) is 0 Å². The van der Waals surface area contributed by atoms with E-state index in [1.165, 1.54) is 0 Å². The summed E-state index contributed by atoms with van der Waals surface area (Å²) in [5.41, 5.74) is 0.737. The van der Waals surface area contributed by atoms with E-state index in [1.54, 1.807) is 18.2 Å². The highest BCUT2D eigenvalue weighted by atomic mass is 35.5. The Kier molecular flexibility index (Phi) is 4.45. The van der Waals surface area contributed by atoms with E-state index in [1.807, 2.05) is 0 Å². The smallest absolute Gasteiger partial charge is 0.310 e. The summed E-state index contributed by atoms with van der Waals surface area (Å²) < 4.78 is 5.61. The average molecular weight is 290 g/mol. The molecule has 0 saturated carbocycles. The van der Waals surface area contributed by atoms with Gasteiger partial charge in [-0.15, -0.1) is 0 Å². The van der Waals surface area contributed by atoms with Gasteiger partial charge >= 0.3 is 5.97 Å². The molecule has 0 bridgehead atoms. The number of carboxylic acid groups (broad SMARTS) is 1. The number of carboxylic acids is 1. The van der Waals surface area contributed by atoms with Crippen molar-refractivity contribution in [2.75, 3.05) is 19.7 Å². The molecule has 1 saturated heterocycles. The normalized spacial score (nSPS) is 24.6. The van der Waals surface area contributed by atoms with Crippen molar-refractivity contribution in [1.82, 2.24) is 5.32 Å². The second-order valence-electron chi connectivity index (χ2n) is 4.11. The lowest BCUT2D eigenvalue weighted by Crippen LogP contribution is -2.30. The Morgan fingerprint density at radius 1 is 1.39 bits per heavy atom. The van der Waals surface area contributed by atoms with Crippen LogP contribution in [0.3, 0.4) is 0 Å². The van der Waals surface area contributed by atoms with E-state index >= 15 is 0 Å². The number of nitrogens with one attached hydrogen (secondary N) is 1. The Labute approximate surface area is 115 Å². The van der Waals surface area contributed by atoms with Gasteiger partial charge in [0.25, 0.3) is 0 Å². The van der Waals surface area contributed by atoms with Crippen molar-refractivity contribution in [3.63, 3.8) is 0 Å². The van der Waals surface area contributed by atoms with Crippen molar-refractivity contribution in [2.45, 2.75) is 6.10 Å². The maximum atomic E-state index is 11.3. The summed E-state index contributed by atoms with van der Waals surface area (Å²) in [5.74, 6) is -1.52. The van der Waals surface area contributed by atoms with Crippen LogP contribution in [-0.2, 0) is 9.53 Å². The van der Waals surface area contributed by atoms with Crippen molar-refractivity contribution >= 4 is 29.2 Å². The molecule has 1 aliphatic heterocycles. The number of rotatable bonds is 2. The van der Waals surface area contributed by atoms with Gasteiger partial charge in [0.1, 0.15) is 0 Å². The molecule has 6 heteroatoms. The fraction of sp³-hybridized carbons (Fsp3) is 0.417. The molecule has 0 aromatic heterocycles. The van der Waals surface area contributed by atoms with Crippen LogP contribution in [0.2, 0.25) is 10.0 Å². The molecule has 0 aliphatic carbocycles. The van der Waals surface area contributed by atoms with Crippen LogP contribution >= 0.6 is 23.2 Å². The lowest BCUT2D eigenvalue weighted by Gasteiger charge is -2.22. The molecule has 98 valence electrons. The lowest BCUT2D eigenvalue weighted by molar-refractivity contribution is -0.146. The SMILES string of the molecule is O=C(O)[C@@H]1CNCCO[C@H]1c1ccc(Cl)c(Cl)c1. The molecular formula is C12H13Cl2NO3. The van der Waals surface area contributed by atoms with Crippen molar-refractivity contribution < 1.29 is 14.6 Å². The number of carbonyl (C=O) groups is 1. The first kappa shape index (κ1) is 13.6. The van der Waals surface area contributed by atoms with Crippen molar-refractivity contribution in [2.24, 2.45) is 5.92 Å². The molecule has 2 N–H and O–H groups in total. The number of hydrogen-bond donors (Lipinski definition) is 2. The Bertz CT molecular complexity index is 453. The van der Waals surface area contributed by atoms with Gasteiger partial charge in [-0.2, -0.15) is 0 Å². The predicted octanol–water partition coefficient (Wildman–Crippen LogP) is 2.36. The summed E-state index contributed by atoms with van der Waals surface area (Å²) in [6, 6.07) is 5.07. The van der Waals surface area contributed by atoms with Gasteiger partial charge in [-0.05, 0) is 17.7 Å². The van der Waals surface area contributed by atoms with E-state index in [4.69, 9.17) is 27.9 Å². The van der Waals surface area contributed by atoms with Gasteiger partial charge in [0.2, 0.25) is 0 Å². The topological polar surface area (TPSA) is 58.6 Å². The highest BCUT2D eigenvalue weighted by molar-refractivity contribution is 6.42. The molecular weight excluding hydrogens is 277 g/mol. The maximum absolute atomic E-state index is 11.3. The largest absolute Gasteiger partial charge is 0.481 e. The first-order valence-corrected chi connectivity index (χ1v) is 6.35. The van der Waals surface area contributed by atoms with E-state index in [-0.39, 0.29) is 0 Å². The van der Waals surface area contributed by atoms with Crippen molar-refractivity contribution in [1.29, 1.82) is 0 Å². The zero-order valence-corrected chi connectivity index (χ0v) is 11.0. The molecule has 4 nitrogen and oxygen atoms in total. The fourth-order valence-corrected chi connectivity index (χ4v) is 2.28. The molecule has 0 spiro atoms. The van der Waals surface area contributed by atoms with Gasteiger partial charge in [0, 0.05) is 13.1 Å². The van der Waals surface area contributed by atoms with E-state index in [2.05, 4.69) is 5.32 Å². The number of benzene rings is 1. The predicted molar refractivity (Wildman–Crippen MR) is 69.2 cm³/mol. The summed E-state index contributed by atoms with van der Waals surface area (Å²) in [7, 11) is 0. The fourth-order valence-electron chi connectivity index (χ4n) is 1.97. The minimum atomic E-state index is -0.888. The van der Waals surface area contributed by atoms with E-state index in [9.17, 15) is 9.90 Å². The molecule has 1 heterocycles. The Balaban J connectivity index is 2.31. The van der Waals surface area contributed by atoms with Crippen molar-refractivity contribution in [3.8, 4) is 0 Å². The third-order valence-electron chi connectivity index (χ3n) is 2.90. The minimum Gasteiger partial charge on any atom is -0.481 e. The van der Waals surface area contributed by atoms with Crippen LogP contribution in [0, 0.1) is 5.92 Å². The van der Waals surface area contributed by atoms with Gasteiger partial charge in [-0.3, -0.25) is 4.79 Å². The summed E-state index contributed by atoms with van der Waals surface area (Å²) in [4.78, 5) is 11.3. The van der Waals surface area contributed by atoms with Gasteiger partial charge in [-0.25, -0.2) is 0 Å². The molecule has 0 radical (unpaired) electrons. The first-order chi connectivity index (χ1) is 8.59. The number of aliphatic carboxylic acids is 1. The number of hydrogen-bond acceptors (Lipinski definition) is 3. The Hall–Kier alpha value is -0.810. The van der Waals surface area contributed by atoms with Crippen LogP contribution in [-0.4, -0.2) is 30.8 Å². The van der Waals surface area contributed by atoms with Crippen LogP contribution < -0.4 is 5.32 Å². The van der Waals surface area contributed by atoms with Crippen LogP contribution in [0.1, 0.15) is 11.7 Å². The number of halogens is 2. The molecule has 1 fully saturated rings. The zero-order valence-electron chi connectivity index (χ0n) is 9.53. The standard InChI is InChI=1S/C12H13Cl2NO3/c13-9-2-1-7(5-10(9)14)11-8(12(16)17)6-15-3-4-18-11/h1-2,5,8,11,15H,3-4,6H2,(H,16,17)/t8-,11+/m1/s1. The quantitative estimate of drug-likeness (QED) is 0.878. The minimum absolute atomic E-state index is 0.375. The van der Waals surface area contributed by atoms with Crippen molar-refractivity contribution in [3.05, 3.63) is 33.8 Å². The lowest BCUT2D eigenvalue weighted by atomic mass is 9.95. The van der Waals surface area contributed by atoms with Gasteiger partial charge in [0.15, 0.2) is 0 Å². The average Bonchev–Trinajstić information content (AvgIpc) is 2.58. The Morgan fingerprint density at radius 2 is 2.17 bits per heavy atom. The second-order valence-corrected chi connectivity index (χ2v) is 4.93. The third kappa shape index (κ3) is 2.95.